The Hall–Kier alpha value is -2.43. The summed E-state index contributed by atoms with van der Waals surface area (Å²) < 4.78 is 33.3. The first-order valence-electron chi connectivity index (χ1n) is 11.3. The van der Waals surface area contributed by atoms with Crippen molar-refractivity contribution in [2.24, 2.45) is 0 Å². The van der Waals surface area contributed by atoms with Gasteiger partial charge in [-0.1, -0.05) is 12.5 Å². The first-order chi connectivity index (χ1) is 15.9. The smallest absolute Gasteiger partial charge is 0.264 e. The lowest BCUT2D eigenvalue weighted by Crippen LogP contribution is -2.49. The van der Waals surface area contributed by atoms with Crippen LogP contribution in [0.5, 0.6) is 5.75 Å². The van der Waals surface area contributed by atoms with Crippen LogP contribution in [0.4, 0.5) is 5.69 Å². The molecule has 2 saturated heterocycles. The Morgan fingerprint density at radius 1 is 1.06 bits per heavy atom. The zero-order valence-electron chi connectivity index (χ0n) is 18.7. The topological polar surface area (TPSA) is 96.0 Å². The van der Waals surface area contributed by atoms with Crippen LogP contribution in [0.2, 0.25) is 0 Å². The van der Waals surface area contributed by atoms with E-state index in [9.17, 15) is 18.0 Å². The largest absolute Gasteiger partial charge is 0.495 e. The maximum atomic E-state index is 13.3. The summed E-state index contributed by atoms with van der Waals surface area (Å²) in [5.41, 5.74) is 0.366. The molecule has 1 N–H and O–H groups in total. The molecule has 2 amide bonds. The Kier molecular flexibility index (Phi) is 7.35. The fraction of sp³-hybridized carbons (Fsp3) is 0.478. The van der Waals surface area contributed by atoms with E-state index >= 15 is 0 Å². The number of anilines is 1. The number of nitrogens with zero attached hydrogens (tertiary/aromatic N) is 2. The van der Waals surface area contributed by atoms with Gasteiger partial charge in [0.05, 0.1) is 12.0 Å². The molecule has 0 radical (unpaired) electrons. The standard InChI is InChI=1S/C23H29N3O5S2/c1-31-19-11-10-17(16-21(19)33(29,30)25-12-4-2-5-13-25)24-22(27)18-8-3-6-14-26(18)23(28)20-9-7-15-32-20/h7,9-11,15-16,18H,2-6,8,12-14H2,1H3,(H,24,27). The summed E-state index contributed by atoms with van der Waals surface area (Å²) in [6, 6.07) is 7.62. The van der Waals surface area contributed by atoms with Crippen molar-refractivity contribution in [2.45, 2.75) is 49.5 Å². The molecule has 178 valence electrons. The van der Waals surface area contributed by atoms with E-state index in [0.717, 1.165) is 32.1 Å². The summed E-state index contributed by atoms with van der Waals surface area (Å²) in [5, 5.41) is 4.68. The fourth-order valence-electron chi connectivity index (χ4n) is 4.41. The number of thiophene rings is 1. The zero-order valence-corrected chi connectivity index (χ0v) is 20.3. The van der Waals surface area contributed by atoms with Gasteiger partial charge in [-0.05, 0) is 61.7 Å². The number of nitrogens with one attached hydrogen (secondary N) is 1. The van der Waals surface area contributed by atoms with Crippen molar-refractivity contribution < 1.29 is 22.7 Å². The van der Waals surface area contributed by atoms with Crippen LogP contribution in [-0.2, 0) is 14.8 Å². The van der Waals surface area contributed by atoms with Crippen LogP contribution in [0, 0.1) is 0 Å². The van der Waals surface area contributed by atoms with Gasteiger partial charge in [0.15, 0.2) is 0 Å². The van der Waals surface area contributed by atoms with E-state index in [0.29, 0.717) is 36.6 Å². The molecule has 0 spiro atoms. The Morgan fingerprint density at radius 2 is 1.82 bits per heavy atom. The Labute approximate surface area is 198 Å². The quantitative estimate of drug-likeness (QED) is 0.667. The van der Waals surface area contributed by atoms with Crippen LogP contribution < -0.4 is 10.1 Å². The minimum Gasteiger partial charge on any atom is -0.495 e. The van der Waals surface area contributed by atoms with Gasteiger partial charge in [0.25, 0.3) is 5.91 Å². The number of benzene rings is 1. The average Bonchev–Trinajstić information content (AvgIpc) is 3.39. The van der Waals surface area contributed by atoms with Crippen molar-refractivity contribution in [3.05, 3.63) is 40.6 Å². The molecule has 0 bridgehead atoms. The number of ether oxygens (including phenoxy) is 1. The van der Waals surface area contributed by atoms with E-state index in [-0.39, 0.29) is 22.5 Å². The summed E-state index contributed by atoms with van der Waals surface area (Å²) >= 11 is 1.36. The third-order valence-electron chi connectivity index (χ3n) is 6.16. The van der Waals surface area contributed by atoms with Crippen LogP contribution in [0.1, 0.15) is 48.2 Å². The highest BCUT2D eigenvalue weighted by atomic mass is 32.2. The molecule has 1 aromatic carbocycles. The molecule has 2 aliphatic rings. The van der Waals surface area contributed by atoms with Crippen LogP contribution in [0.3, 0.4) is 0 Å². The first kappa shape index (κ1) is 23.7. The maximum Gasteiger partial charge on any atom is 0.264 e. The SMILES string of the molecule is COc1ccc(NC(=O)C2CCCCN2C(=O)c2cccs2)cc1S(=O)(=O)N1CCCCC1. The predicted octanol–water partition coefficient (Wildman–Crippen LogP) is 3.56. The van der Waals surface area contributed by atoms with E-state index in [1.165, 1.54) is 28.8 Å². The van der Waals surface area contributed by atoms with E-state index in [2.05, 4.69) is 5.32 Å². The summed E-state index contributed by atoms with van der Waals surface area (Å²) in [6.45, 7) is 1.47. The van der Waals surface area contributed by atoms with Crippen molar-refractivity contribution in [3.63, 3.8) is 0 Å². The van der Waals surface area contributed by atoms with Gasteiger partial charge in [0, 0.05) is 25.3 Å². The minimum absolute atomic E-state index is 0.0415. The van der Waals surface area contributed by atoms with Crippen molar-refractivity contribution in [3.8, 4) is 5.75 Å². The average molecular weight is 492 g/mol. The molecular formula is C23H29N3O5S2. The van der Waals surface area contributed by atoms with E-state index in [1.54, 1.807) is 23.1 Å². The molecule has 4 rings (SSSR count). The molecule has 0 saturated carbocycles. The lowest BCUT2D eigenvalue weighted by atomic mass is 10.0. The monoisotopic (exact) mass is 491 g/mol. The summed E-state index contributed by atoms with van der Waals surface area (Å²) in [4.78, 5) is 28.4. The van der Waals surface area contributed by atoms with E-state index in [1.807, 2.05) is 11.4 Å². The van der Waals surface area contributed by atoms with Gasteiger partial charge in [-0.25, -0.2) is 8.42 Å². The van der Waals surface area contributed by atoms with Gasteiger partial charge in [0.2, 0.25) is 15.9 Å². The predicted molar refractivity (Wildman–Crippen MR) is 127 cm³/mol. The number of amides is 2. The summed E-state index contributed by atoms with van der Waals surface area (Å²) in [7, 11) is -2.32. The number of piperidine rings is 2. The number of rotatable bonds is 6. The Bertz CT molecular complexity index is 1100. The molecule has 8 nitrogen and oxygen atoms in total. The second-order valence-electron chi connectivity index (χ2n) is 8.31. The molecule has 1 atom stereocenters. The third-order valence-corrected chi connectivity index (χ3v) is 8.94. The molecule has 0 aliphatic carbocycles. The molecule has 3 heterocycles. The molecule has 2 fully saturated rings. The molecule has 2 aliphatic heterocycles. The lowest BCUT2D eigenvalue weighted by Gasteiger charge is -2.34. The molecule has 1 aromatic heterocycles. The first-order valence-corrected chi connectivity index (χ1v) is 13.6. The second kappa shape index (κ2) is 10.2. The highest BCUT2D eigenvalue weighted by Gasteiger charge is 2.34. The van der Waals surface area contributed by atoms with Crippen molar-refractivity contribution >= 4 is 38.9 Å². The molecule has 2 aromatic rings. The van der Waals surface area contributed by atoms with Crippen LogP contribution in [0.25, 0.3) is 0 Å². The summed E-state index contributed by atoms with van der Waals surface area (Å²) in [6.07, 6.45) is 4.94. The van der Waals surface area contributed by atoms with Gasteiger partial charge in [-0.3, -0.25) is 9.59 Å². The number of carbonyl (C=O) groups is 2. The molecular weight excluding hydrogens is 462 g/mol. The zero-order chi connectivity index (χ0) is 23.4. The fourth-order valence-corrected chi connectivity index (χ4v) is 6.79. The lowest BCUT2D eigenvalue weighted by molar-refractivity contribution is -0.121. The number of hydrogen-bond donors (Lipinski definition) is 1. The third kappa shape index (κ3) is 5.07. The van der Waals surface area contributed by atoms with Crippen molar-refractivity contribution in [1.82, 2.24) is 9.21 Å². The van der Waals surface area contributed by atoms with Gasteiger partial charge in [0.1, 0.15) is 16.7 Å². The van der Waals surface area contributed by atoms with Gasteiger partial charge < -0.3 is 15.0 Å². The van der Waals surface area contributed by atoms with E-state index in [4.69, 9.17) is 4.74 Å². The van der Waals surface area contributed by atoms with Gasteiger partial charge in [-0.15, -0.1) is 11.3 Å². The Balaban J connectivity index is 1.56. The highest BCUT2D eigenvalue weighted by Crippen LogP contribution is 2.31. The molecule has 1 unspecified atom stereocenters. The maximum absolute atomic E-state index is 13.3. The van der Waals surface area contributed by atoms with Crippen molar-refractivity contribution in [2.75, 3.05) is 32.1 Å². The number of carbonyl (C=O) groups excluding carboxylic acids is 2. The number of methoxy groups -OCH3 is 1. The Morgan fingerprint density at radius 3 is 2.52 bits per heavy atom. The van der Waals surface area contributed by atoms with Gasteiger partial charge in [-0.2, -0.15) is 4.31 Å². The molecule has 10 heteroatoms. The highest BCUT2D eigenvalue weighted by molar-refractivity contribution is 7.89. The normalized spacial score (nSPS) is 19.8. The van der Waals surface area contributed by atoms with Crippen LogP contribution in [-0.4, -0.2) is 62.2 Å². The summed E-state index contributed by atoms with van der Waals surface area (Å²) in [5.74, 6) is -0.218. The molecule has 33 heavy (non-hydrogen) atoms. The van der Waals surface area contributed by atoms with Crippen LogP contribution in [0.15, 0.2) is 40.6 Å². The number of likely N-dealkylation sites (tertiary alicyclic amines) is 1. The van der Waals surface area contributed by atoms with Crippen LogP contribution >= 0.6 is 11.3 Å². The number of sulfonamides is 1. The second-order valence-corrected chi connectivity index (χ2v) is 11.2. The number of hydrogen-bond acceptors (Lipinski definition) is 6. The minimum atomic E-state index is -3.75. The van der Waals surface area contributed by atoms with Crippen molar-refractivity contribution in [1.29, 1.82) is 0 Å². The van der Waals surface area contributed by atoms with Gasteiger partial charge >= 0.3 is 0 Å². The van der Waals surface area contributed by atoms with E-state index < -0.39 is 16.1 Å².